The number of aromatic nitrogens is 2. The Kier molecular flexibility index (Phi) is 6.47. The van der Waals surface area contributed by atoms with Crippen LogP contribution in [0.5, 0.6) is 0 Å². The maximum absolute atomic E-state index is 12.6. The summed E-state index contributed by atoms with van der Waals surface area (Å²) in [4.78, 5) is 21.7. The lowest BCUT2D eigenvalue weighted by atomic mass is 9.92. The Balaban J connectivity index is 1.18. The molecule has 178 valence electrons. The third-order valence-corrected chi connectivity index (χ3v) is 8.51. The van der Waals surface area contributed by atoms with E-state index in [1.165, 1.54) is 0 Å². The topological polar surface area (TPSA) is 113 Å². The van der Waals surface area contributed by atoms with Gasteiger partial charge in [-0.1, -0.05) is 36.4 Å². The molecule has 0 unspecified atom stereocenters. The van der Waals surface area contributed by atoms with E-state index in [4.69, 9.17) is 0 Å². The fourth-order valence-corrected chi connectivity index (χ4v) is 6.01. The first-order chi connectivity index (χ1) is 16.5. The van der Waals surface area contributed by atoms with Crippen molar-refractivity contribution in [2.75, 3.05) is 5.32 Å². The van der Waals surface area contributed by atoms with Crippen molar-refractivity contribution in [3.63, 3.8) is 0 Å². The van der Waals surface area contributed by atoms with Crippen molar-refractivity contribution in [3.05, 3.63) is 65.9 Å². The molecule has 2 saturated carbocycles. The third kappa shape index (κ3) is 5.53. The summed E-state index contributed by atoms with van der Waals surface area (Å²) in [6.45, 7) is 0.466. The largest absolute Gasteiger partial charge is 0.351 e. The van der Waals surface area contributed by atoms with E-state index in [1.54, 1.807) is 18.3 Å². The molecule has 3 N–H and O–H groups in total. The normalized spacial score (nSPS) is 20.7. The number of hydrogen-bond donors (Lipinski definition) is 3. The average Bonchev–Trinajstić information content (AvgIpc) is 3.70. The molecule has 2 aromatic carbocycles. The van der Waals surface area contributed by atoms with E-state index in [9.17, 15) is 13.2 Å². The molecular weight excluding hydrogens is 450 g/mol. The molecule has 3 aromatic rings. The zero-order valence-electron chi connectivity index (χ0n) is 18.9. The summed E-state index contributed by atoms with van der Waals surface area (Å²) in [5, 5.41) is 7.01. The van der Waals surface area contributed by atoms with Crippen molar-refractivity contribution in [1.82, 2.24) is 20.0 Å². The lowest BCUT2D eigenvalue weighted by molar-refractivity contribution is 0.0951. The van der Waals surface area contributed by atoms with Crippen molar-refractivity contribution in [1.29, 1.82) is 0 Å². The molecule has 0 radical (unpaired) electrons. The molecule has 0 bridgehead atoms. The number of carbonyl (C=O) groups is 1. The molecule has 34 heavy (non-hydrogen) atoms. The molecule has 2 aliphatic carbocycles. The Morgan fingerprint density at radius 3 is 2.41 bits per heavy atom. The minimum Gasteiger partial charge on any atom is -0.351 e. The summed E-state index contributed by atoms with van der Waals surface area (Å²) in [5.74, 6) is 0.377. The number of rotatable bonds is 8. The number of nitrogens with zero attached hydrogens (tertiary/aromatic N) is 2. The Bertz CT molecular complexity index is 1270. The number of carbonyl (C=O) groups excluding carboxylic acids is 1. The van der Waals surface area contributed by atoms with Crippen LogP contribution in [0, 0.1) is 0 Å². The van der Waals surface area contributed by atoms with Crippen LogP contribution in [0.4, 0.5) is 5.95 Å². The smallest absolute Gasteiger partial charge is 0.251 e. The first-order valence-electron chi connectivity index (χ1n) is 11.8. The molecule has 9 heteroatoms. The lowest BCUT2D eigenvalue weighted by Crippen LogP contribution is -2.41. The Labute approximate surface area is 199 Å². The summed E-state index contributed by atoms with van der Waals surface area (Å²) >= 11 is 0. The molecule has 0 aliphatic heterocycles. The van der Waals surface area contributed by atoms with E-state index < -0.39 is 10.0 Å². The van der Waals surface area contributed by atoms with Crippen LogP contribution in [0.15, 0.2) is 54.7 Å². The van der Waals surface area contributed by atoms with Gasteiger partial charge in [0.1, 0.15) is 0 Å². The highest BCUT2D eigenvalue weighted by atomic mass is 32.2. The zero-order chi connectivity index (χ0) is 23.5. The minimum absolute atomic E-state index is 0.0122. The molecule has 0 saturated heterocycles. The second kappa shape index (κ2) is 9.68. The highest BCUT2D eigenvalue weighted by molar-refractivity contribution is 7.90. The van der Waals surface area contributed by atoms with E-state index >= 15 is 0 Å². The average molecular weight is 480 g/mol. The molecule has 1 heterocycles. The molecule has 5 rings (SSSR count). The highest BCUT2D eigenvalue weighted by Gasteiger charge is 2.37. The first-order valence-corrected chi connectivity index (χ1v) is 13.4. The summed E-state index contributed by atoms with van der Waals surface area (Å²) in [5.41, 5.74) is 2.30. The standard InChI is InChI=1S/C25H29N5O3S/c31-24(26-15-17-4-2-1-3-5-17)18-6-7-19-16-27-25(29-23(19)14-18)28-20-8-10-21(11-9-20)30-34(32,33)22-12-13-22/h1-7,14,16,20-22,30H,8-13,15H2,(H,26,31)(H,27,28,29). The van der Waals surface area contributed by atoms with Gasteiger partial charge in [0.05, 0.1) is 10.8 Å². The quantitative estimate of drug-likeness (QED) is 0.457. The van der Waals surface area contributed by atoms with Gasteiger partial charge in [-0.05, 0) is 56.2 Å². The minimum atomic E-state index is -3.15. The van der Waals surface area contributed by atoms with Gasteiger partial charge in [-0.15, -0.1) is 0 Å². The van der Waals surface area contributed by atoms with Gasteiger partial charge < -0.3 is 10.6 Å². The van der Waals surface area contributed by atoms with Crippen LogP contribution in [0.2, 0.25) is 0 Å². The Morgan fingerprint density at radius 1 is 0.941 bits per heavy atom. The number of anilines is 1. The van der Waals surface area contributed by atoms with Crippen molar-refractivity contribution in [3.8, 4) is 0 Å². The van der Waals surface area contributed by atoms with Gasteiger partial charge in [0.25, 0.3) is 5.91 Å². The summed E-state index contributed by atoms with van der Waals surface area (Å²) in [6.07, 6.45) is 6.60. The maximum atomic E-state index is 12.6. The summed E-state index contributed by atoms with van der Waals surface area (Å²) < 4.78 is 27.2. The van der Waals surface area contributed by atoms with Crippen LogP contribution >= 0.6 is 0 Å². The van der Waals surface area contributed by atoms with Gasteiger partial charge in [-0.3, -0.25) is 4.79 Å². The SMILES string of the molecule is O=C(NCc1ccccc1)c1ccc2cnc(NC3CCC(NS(=O)(=O)C4CC4)CC3)nc2c1. The fourth-order valence-electron chi connectivity index (χ4n) is 4.36. The van der Waals surface area contributed by atoms with Crippen LogP contribution in [0.25, 0.3) is 10.9 Å². The van der Waals surface area contributed by atoms with Gasteiger partial charge in [-0.2, -0.15) is 0 Å². The second-order valence-corrected chi connectivity index (χ2v) is 11.2. The summed E-state index contributed by atoms with van der Waals surface area (Å²) in [6, 6.07) is 15.4. The van der Waals surface area contributed by atoms with Crippen LogP contribution < -0.4 is 15.4 Å². The number of amides is 1. The molecule has 0 atom stereocenters. The molecule has 2 aliphatic rings. The van der Waals surface area contributed by atoms with Crippen LogP contribution in [0.1, 0.15) is 54.4 Å². The van der Waals surface area contributed by atoms with Gasteiger partial charge in [0, 0.05) is 35.8 Å². The van der Waals surface area contributed by atoms with Crippen molar-refractivity contribution < 1.29 is 13.2 Å². The van der Waals surface area contributed by atoms with Crippen molar-refractivity contribution >= 4 is 32.8 Å². The zero-order valence-corrected chi connectivity index (χ0v) is 19.7. The van der Waals surface area contributed by atoms with Gasteiger partial charge in [-0.25, -0.2) is 23.1 Å². The number of hydrogen-bond acceptors (Lipinski definition) is 6. The molecule has 1 aromatic heterocycles. The monoisotopic (exact) mass is 479 g/mol. The third-order valence-electron chi connectivity index (χ3n) is 6.50. The number of sulfonamides is 1. The highest BCUT2D eigenvalue weighted by Crippen LogP contribution is 2.29. The van der Waals surface area contributed by atoms with E-state index in [0.717, 1.165) is 49.5 Å². The first kappa shape index (κ1) is 22.7. The van der Waals surface area contributed by atoms with Gasteiger partial charge in [0.15, 0.2) is 0 Å². The number of benzene rings is 2. The maximum Gasteiger partial charge on any atom is 0.251 e. The van der Waals surface area contributed by atoms with Crippen LogP contribution in [0.3, 0.4) is 0 Å². The van der Waals surface area contributed by atoms with Crippen LogP contribution in [-0.2, 0) is 16.6 Å². The predicted octanol–water partition coefficient (Wildman–Crippen LogP) is 3.36. The van der Waals surface area contributed by atoms with Crippen molar-refractivity contribution in [2.45, 2.75) is 62.4 Å². The molecule has 2 fully saturated rings. The lowest BCUT2D eigenvalue weighted by Gasteiger charge is -2.29. The number of nitrogens with one attached hydrogen (secondary N) is 3. The molecular formula is C25H29N5O3S. The van der Waals surface area contributed by atoms with Gasteiger partial charge in [0.2, 0.25) is 16.0 Å². The van der Waals surface area contributed by atoms with Crippen LogP contribution in [-0.4, -0.2) is 41.6 Å². The second-order valence-electron chi connectivity index (χ2n) is 9.19. The Hall–Kier alpha value is -3.04. The molecule has 1 amide bonds. The molecule has 0 spiro atoms. The van der Waals surface area contributed by atoms with E-state index in [0.29, 0.717) is 23.6 Å². The predicted molar refractivity (Wildman–Crippen MR) is 132 cm³/mol. The van der Waals surface area contributed by atoms with E-state index in [1.807, 2.05) is 36.4 Å². The van der Waals surface area contributed by atoms with E-state index in [-0.39, 0.29) is 23.2 Å². The Morgan fingerprint density at radius 2 is 1.68 bits per heavy atom. The fraction of sp³-hybridized carbons (Fsp3) is 0.400. The van der Waals surface area contributed by atoms with Crippen molar-refractivity contribution in [2.24, 2.45) is 0 Å². The van der Waals surface area contributed by atoms with Gasteiger partial charge >= 0.3 is 0 Å². The number of fused-ring (bicyclic) bond motifs is 1. The molecule has 8 nitrogen and oxygen atoms in total. The summed E-state index contributed by atoms with van der Waals surface area (Å²) in [7, 11) is -3.15. The van der Waals surface area contributed by atoms with E-state index in [2.05, 4.69) is 25.3 Å².